The molecule has 0 aliphatic heterocycles. The van der Waals surface area contributed by atoms with Gasteiger partial charge in [-0.2, -0.15) is 0 Å². The molecule has 0 bridgehead atoms. The van der Waals surface area contributed by atoms with Crippen LogP contribution in [-0.4, -0.2) is 23.7 Å². The molecule has 0 aromatic rings. The topological polar surface area (TPSA) is 86.7 Å². The Kier molecular flexibility index (Phi) is 18.0. The Morgan fingerprint density at radius 1 is 0.905 bits per heavy atom. The van der Waals surface area contributed by atoms with E-state index >= 15 is 0 Å². The van der Waals surface area contributed by atoms with Gasteiger partial charge in [-0.1, -0.05) is 71.1 Å². The van der Waals surface area contributed by atoms with Gasteiger partial charge in [0.25, 0.3) is 0 Å². The van der Waals surface area contributed by atoms with Gasteiger partial charge in [-0.3, -0.25) is 5.26 Å². The van der Waals surface area contributed by atoms with Crippen LogP contribution in [0.2, 0.25) is 0 Å². The van der Waals surface area contributed by atoms with Crippen molar-refractivity contribution < 1.29 is 52.7 Å². The van der Waals surface area contributed by atoms with Crippen molar-refractivity contribution in [1.29, 1.82) is 0 Å². The fourth-order valence-electron chi connectivity index (χ4n) is 2.22. The SMILES string of the molecule is CCCCCCCCCCCCCC(OO)S(=O)(=O)[O-].[Na+]. The van der Waals surface area contributed by atoms with E-state index in [0.717, 1.165) is 19.3 Å². The van der Waals surface area contributed by atoms with Crippen molar-refractivity contribution in [2.45, 2.75) is 89.4 Å². The van der Waals surface area contributed by atoms with Crippen molar-refractivity contribution in [3.63, 3.8) is 0 Å². The predicted molar refractivity (Wildman–Crippen MR) is 78.3 cm³/mol. The van der Waals surface area contributed by atoms with E-state index in [1.807, 2.05) is 0 Å². The predicted octanol–water partition coefficient (Wildman–Crippen LogP) is 1.05. The third-order valence-electron chi connectivity index (χ3n) is 3.48. The van der Waals surface area contributed by atoms with E-state index in [0.29, 0.717) is 6.42 Å². The zero-order valence-electron chi connectivity index (χ0n) is 13.6. The fraction of sp³-hybridized carbons (Fsp3) is 1.00. The molecule has 0 radical (unpaired) electrons. The molecule has 1 N–H and O–H groups in total. The van der Waals surface area contributed by atoms with Crippen molar-refractivity contribution in [2.24, 2.45) is 0 Å². The second-order valence-corrected chi connectivity index (χ2v) is 6.86. The minimum absolute atomic E-state index is 0. The molecule has 7 heteroatoms. The summed E-state index contributed by atoms with van der Waals surface area (Å²) in [6.07, 6.45) is 12.7. The first-order valence-electron chi connectivity index (χ1n) is 7.77. The zero-order valence-corrected chi connectivity index (χ0v) is 16.4. The van der Waals surface area contributed by atoms with Crippen LogP contribution < -0.4 is 29.6 Å². The van der Waals surface area contributed by atoms with Crippen molar-refractivity contribution in [2.75, 3.05) is 0 Å². The molecule has 0 saturated carbocycles. The van der Waals surface area contributed by atoms with Crippen molar-refractivity contribution in [1.82, 2.24) is 0 Å². The number of hydrogen-bond donors (Lipinski definition) is 1. The summed E-state index contributed by atoms with van der Waals surface area (Å²) < 4.78 is 31.9. The van der Waals surface area contributed by atoms with Crippen molar-refractivity contribution in [3.05, 3.63) is 0 Å². The van der Waals surface area contributed by atoms with Crippen LogP contribution in [0.4, 0.5) is 0 Å². The molecular formula is C14H29NaO5S. The molecule has 1 atom stereocenters. The molecule has 0 rings (SSSR count). The van der Waals surface area contributed by atoms with E-state index in [9.17, 15) is 13.0 Å². The molecule has 122 valence electrons. The van der Waals surface area contributed by atoms with E-state index in [2.05, 4.69) is 11.8 Å². The Hall–Kier alpha value is 0.830. The van der Waals surface area contributed by atoms with E-state index in [-0.39, 0.29) is 36.0 Å². The summed E-state index contributed by atoms with van der Waals surface area (Å²) in [4.78, 5) is 3.71. The molecule has 0 saturated heterocycles. The molecule has 1 unspecified atom stereocenters. The maximum Gasteiger partial charge on any atom is 1.00 e. The Morgan fingerprint density at radius 2 is 1.29 bits per heavy atom. The first kappa shape index (κ1) is 24.1. The van der Waals surface area contributed by atoms with Gasteiger partial charge >= 0.3 is 29.6 Å². The van der Waals surface area contributed by atoms with E-state index < -0.39 is 15.6 Å². The van der Waals surface area contributed by atoms with Crippen molar-refractivity contribution >= 4 is 10.1 Å². The molecule has 0 aliphatic carbocycles. The molecule has 0 aliphatic rings. The van der Waals surface area contributed by atoms with Gasteiger partial charge in [0.05, 0.1) is 0 Å². The molecule has 0 heterocycles. The second-order valence-electron chi connectivity index (χ2n) is 5.35. The summed E-state index contributed by atoms with van der Waals surface area (Å²) in [5.74, 6) is 0. The molecule has 0 amide bonds. The van der Waals surface area contributed by atoms with Gasteiger partial charge in [-0.05, 0) is 12.8 Å². The van der Waals surface area contributed by atoms with Crippen LogP contribution in [0.25, 0.3) is 0 Å². The van der Waals surface area contributed by atoms with Gasteiger partial charge in [0.1, 0.15) is 10.1 Å². The summed E-state index contributed by atoms with van der Waals surface area (Å²) in [6.45, 7) is 2.21. The molecule has 0 spiro atoms. The third-order valence-corrected chi connectivity index (χ3v) is 4.45. The van der Waals surface area contributed by atoms with E-state index in [1.54, 1.807) is 0 Å². The Bertz CT molecular complexity index is 308. The molecule has 5 nitrogen and oxygen atoms in total. The van der Waals surface area contributed by atoms with Crippen LogP contribution >= 0.6 is 0 Å². The van der Waals surface area contributed by atoms with Crippen LogP contribution in [0, 0.1) is 0 Å². The zero-order chi connectivity index (χ0) is 15.3. The Labute approximate surface area is 151 Å². The molecular weight excluding hydrogens is 303 g/mol. The molecule has 0 fully saturated rings. The minimum Gasteiger partial charge on any atom is -0.746 e. The average molecular weight is 332 g/mol. The largest absolute Gasteiger partial charge is 1.00 e. The van der Waals surface area contributed by atoms with Gasteiger partial charge in [0, 0.05) is 0 Å². The summed E-state index contributed by atoms with van der Waals surface area (Å²) in [5, 5.41) is 8.34. The van der Waals surface area contributed by atoms with E-state index in [4.69, 9.17) is 5.26 Å². The van der Waals surface area contributed by atoms with Gasteiger partial charge in [-0.25, -0.2) is 13.3 Å². The Morgan fingerprint density at radius 3 is 1.62 bits per heavy atom. The Balaban J connectivity index is 0. The maximum atomic E-state index is 10.6. The van der Waals surface area contributed by atoms with Crippen LogP contribution in [0.5, 0.6) is 0 Å². The summed E-state index contributed by atoms with van der Waals surface area (Å²) >= 11 is 0. The average Bonchev–Trinajstić information content (AvgIpc) is 2.38. The normalized spacial score (nSPS) is 12.9. The molecule has 0 aromatic carbocycles. The van der Waals surface area contributed by atoms with Gasteiger partial charge in [-0.15, -0.1) is 0 Å². The fourth-order valence-corrected chi connectivity index (χ4v) is 2.79. The monoisotopic (exact) mass is 332 g/mol. The minimum atomic E-state index is -4.55. The first-order chi connectivity index (χ1) is 9.52. The van der Waals surface area contributed by atoms with Crippen LogP contribution in [-0.2, 0) is 15.0 Å². The molecule has 0 aromatic heterocycles. The molecule has 21 heavy (non-hydrogen) atoms. The maximum absolute atomic E-state index is 10.6. The van der Waals surface area contributed by atoms with Gasteiger partial charge in [0.15, 0.2) is 5.44 Å². The van der Waals surface area contributed by atoms with Gasteiger partial charge in [0.2, 0.25) is 0 Å². The number of rotatable bonds is 14. The third kappa shape index (κ3) is 15.5. The van der Waals surface area contributed by atoms with Crippen LogP contribution in [0.1, 0.15) is 84.0 Å². The summed E-state index contributed by atoms with van der Waals surface area (Å²) in [6, 6.07) is 0. The second kappa shape index (κ2) is 15.7. The quantitative estimate of drug-likeness (QED) is 0.169. The first-order valence-corrected chi connectivity index (χ1v) is 9.24. The smallest absolute Gasteiger partial charge is 0.746 e. The summed E-state index contributed by atoms with van der Waals surface area (Å²) in [7, 11) is -4.55. The summed E-state index contributed by atoms with van der Waals surface area (Å²) in [5.41, 5.74) is -1.61. The van der Waals surface area contributed by atoms with E-state index in [1.165, 1.54) is 44.9 Å². The number of hydrogen-bond acceptors (Lipinski definition) is 5. The van der Waals surface area contributed by atoms with Crippen molar-refractivity contribution in [3.8, 4) is 0 Å². The standard InChI is InChI=1S/C14H30O5S.Na/c1-2-3-4-5-6-7-8-9-10-11-12-13-14(19-15)20(16,17)18;/h14-15H,2-13H2,1H3,(H,16,17,18);/q;+1/p-1. The van der Waals surface area contributed by atoms with Crippen LogP contribution in [0.15, 0.2) is 0 Å². The van der Waals surface area contributed by atoms with Crippen LogP contribution in [0.3, 0.4) is 0 Å². The van der Waals surface area contributed by atoms with Gasteiger partial charge < -0.3 is 4.55 Å². The number of unbranched alkanes of at least 4 members (excludes halogenated alkanes) is 10.